The molecular formula is C18H24N2O. The Balaban J connectivity index is 1.76. The van der Waals surface area contributed by atoms with Gasteiger partial charge in [0.25, 0.3) is 0 Å². The fraction of sp³-hybridized carbons (Fsp3) is 0.444. The molecule has 3 rings (SSSR count). The molecule has 0 saturated carbocycles. The van der Waals surface area contributed by atoms with Gasteiger partial charge in [-0.15, -0.1) is 0 Å². The van der Waals surface area contributed by atoms with Crippen LogP contribution in [0.4, 0.5) is 5.69 Å². The highest BCUT2D eigenvalue weighted by atomic mass is 16.5. The van der Waals surface area contributed by atoms with Crippen LogP contribution in [-0.2, 0) is 11.3 Å². The number of nitrogens with zero attached hydrogens (tertiary/aromatic N) is 1. The van der Waals surface area contributed by atoms with Gasteiger partial charge in [0, 0.05) is 25.4 Å². The number of piperidine rings is 1. The molecule has 0 aliphatic carbocycles. The van der Waals surface area contributed by atoms with Crippen molar-refractivity contribution in [2.45, 2.75) is 32.4 Å². The Bertz CT molecular complexity index is 609. The lowest BCUT2D eigenvalue weighted by atomic mass is 10.0. The molecule has 1 aliphatic rings. The van der Waals surface area contributed by atoms with Crippen molar-refractivity contribution in [3.05, 3.63) is 42.0 Å². The largest absolute Gasteiger partial charge is 0.398 e. The number of nitrogens with two attached hydrogens (primary N) is 1. The van der Waals surface area contributed by atoms with E-state index in [1.165, 1.54) is 29.2 Å². The quantitative estimate of drug-likeness (QED) is 0.874. The first kappa shape index (κ1) is 14.4. The summed E-state index contributed by atoms with van der Waals surface area (Å²) < 4.78 is 5.78. The molecule has 0 bridgehead atoms. The van der Waals surface area contributed by atoms with Crippen molar-refractivity contribution in [2.24, 2.45) is 0 Å². The van der Waals surface area contributed by atoms with Crippen molar-refractivity contribution in [2.75, 3.05) is 25.4 Å². The third-order valence-corrected chi connectivity index (χ3v) is 4.27. The molecule has 1 saturated heterocycles. The highest BCUT2D eigenvalue weighted by Crippen LogP contribution is 2.24. The molecule has 1 unspecified atom stereocenters. The van der Waals surface area contributed by atoms with E-state index >= 15 is 0 Å². The van der Waals surface area contributed by atoms with Crippen molar-refractivity contribution >= 4 is 16.5 Å². The van der Waals surface area contributed by atoms with Gasteiger partial charge in [-0.1, -0.05) is 24.3 Å². The van der Waals surface area contributed by atoms with E-state index in [2.05, 4.69) is 48.2 Å². The van der Waals surface area contributed by atoms with Gasteiger partial charge < -0.3 is 10.5 Å². The average Bonchev–Trinajstić information content (AvgIpc) is 2.49. The summed E-state index contributed by atoms with van der Waals surface area (Å²) in [7, 11) is 0. The van der Waals surface area contributed by atoms with Crippen LogP contribution >= 0.6 is 0 Å². The maximum atomic E-state index is 6.24. The van der Waals surface area contributed by atoms with Crippen molar-refractivity contribution < 1.29 is 4.74 Å². The molecule has 1 aliphatic heterocycles. The number of fused-ring (bicyclic) bond motifs is 1. The second kappa shape index (κ2) is 6.46. The summed E-state index contributed by atoms with van der Waals surface area (Å²) in [5.41, 5.74) is 8.36. The molecule has 2 aromatic rings. The number of benzene rings is 2. The van der Waals surface area contributed by atoms with Gasteiger partial charge in [-0.2, -0.15) is 0 Å². The van der Waals surface area contributed by atoms with Crippen LogP contribution in [0.3, 0.4) is 0 Å². The Morgan fingerprint density at radius 2 is 2.00 bits per heavy atom. The van der Waals surface area contributed by atoms with Crippen LogP contribution in [0.2, 0.25) is 0 Å². The van der Waals surface area contributed by atoms with Gasteiger partial charge >= 0.3 is 0 Å². The van der Waals surface area contributed by atoms with E-state index in [-0.39, 0.29) is 0 Å². The van der Waals surface area contributed by atoms with Gasteiger partial charge in [0.15, 0.2) is 0 Å². The first-order valence-corrected chi connectivity index (χ1v) is 7.87. The molecule has 0 spiro atoms. The zero-order valence-electron chi connectivity index (χ0n) is 12.7. The van der Waals surface area contributed by atoms with E-state index in [1.807, 2.05) is 0 Å². The van der Waals surface area contributed by atoms with E-state index in [1.54, 1.807) is 0 Å². The topological polar surface area (TPSA) is 38.5 Å². The Labute approximate surface area is 126 Å². The van der Waals surface area contributed by atoms with E-state index in [0.717, 1.165) is 31.9 Å². The predicted molar refractivity (Wildman–Crippen MR) is 88.3 cm³/mol. The molecule has 2 N–H and O–H groups in total. The van der Waals surface area contributed by atoms with Crippen molar-refractivity contribution in [3.8, 4) is 0 Å². The molecular weight excluding hydrogens is 260 g/mol. The van der Waals surface area contributed by atoms with Crippen LogP contribution in [0.5, 0.6) is 0 Å². The van der Waals surface area contributed by atoms with Crippen LogP contribution in [0.25, 0.3) is 10.8 Å². The number of hydrogen-bond donors (Lipinski definition) is 1. The number of ether oxygens (including phenoxy) is 1. The van der Waals surface area contributed by atoms with Gasteiger partial charge in [0.05, 0.1) is 6.10 Å². The molecule has 0 aromatic heterocycles. The van der Waals surface area contributed by atoms with Crippen molar-refractivity contribution in [1.82, 2.24) is 4.90 Å². The van der Waals surface area contributed by atoms with Crippen LogP contribution in [0, 0.1) is 0 Å². The Morgan fingerprint density at radius 3 is 2.76 bits per heavy atom. The molecule has 0 radical (unpaired) electrons. The van der Waals surface area contributed by atoms with E-state index in [0.29, 0.717) is 6.10 Å². The maximum absolute atomic E-state index is 6.24. The fourth-order valence-electron chi connectivity index (χ4n) is 3.21. The summed E-state index contributed by atoms with van der Waals surface area (Å²) in [6, 6.07) is 12.7. The first-order chi connectivity index (χ1) is 10.3. The standard InChI is InChI=1S/C18H24N2O/c1-2-21-17-8-5-9-20(13-17)12-16-10-14-6-3-4-7-15(14)11-18(16)19/h3-4,6-7,10-11,17H,2,5,8-9,12-13,19H2,1H3. The Hall–Kier alpha value is -1.58. The highest BCUT2D eigenvalue weighted by Gasteiger charge is 2.20. The summed E-state index contributed by atoms with van der Waals surface area (Å²) in [4.78, 5) is 2.46. The summed E-state index contributed by atoms with van der Waals surface area (Å²) in [6.07, 6.45) is 2.76. The van der Waals surface area contributed by atoms with Crippen LogP contribution in [0.1, 0.15) is 25.3 Å². The van der Waals surface area contributed by atoms with Crippen LogP contribution in [-0.4, -0.2) is 30.7 Å². The Kier molecular flexibility index (Phi) is 4.42. The van der Waals surface area contributed by atoms with Crippen LogP contribution in [0.15, 0.2) is 36.4 Å². The second-order valence-corrected chi connectivity index (χ2v) is 5.85. The minimum atomic E-state index is 0.380. The summed E-state index contributed by atoms with van der Waals surface area (Å²) in [5, 5.41) is 2.48. The summed E-state index contributed by atoms with van der Waals surface area (Å²) >= 11 is 0. The lowest BCUT2D eigenvalue weighted by Gasteiger charge is -2.32. The molecule has 3 nitrogen and oxygen atoms in total. The van der Waals surface area contributed by atoms with Gasteiger partial charge in [0.2, 0.25) is 0 Å². The number of likely N-dealkylation sites (tertiary alicyclic amines) is 1. The minimum Gasteiger partial charge on any atom is -0.398 e. The fourth-order valence-corrected chi connectivity index (χ4v) is 3.21. The Morgan fingerprint density at radius 1 is 1.24 bits per heavy atom. The number of anilines is 1. The third-order valence-electron chi connectivity index (χ3n) is 4.27. The highest BCUT2D eigenvalue weighted by molar-refractivity contribution is 5.86. The molecule has 21 heavy (non-hydrogen) atoms. The second-order valence-electron chi connectivity index (χ2n) is 5.85. The average molecular weight is 284 g/mol. The van der Waals surface area contributed by atoms with E-state index in [9.17, 15) is 0 Å². The molecule has 1 fully saturated rings. The number of rotatable bonds is 4. The van der Waals surface area contributed by atoms with Crippen LogP contribution < -0.4 is 5.73 Å². The predicted octanol–water partition coefficient (Wildman–Crippen LogP) is 3.42. The minimum absolute atomic E-state index is 0.380. The SMILES string of the molecule is CCOC1CCCN(Cc2cc3ccccc3cc2N)C1. The van der Waals surface area contributed by atoms with Gasteiger partial charge in [0.1, 0.15) is 0 Å². The summed E-state index contributed by atoms with van der Waals surface area (Å²) in [5.74, 6) is 0. The lowest BCUT2D eigenvalue weighted by Crippen LogP contribution is -2.39. The zero-order chi connectivity index (χ0) is 14.7. The number of hydrogen-bond acceptors (Lipinski definition) is 3. The first-order valence-electron chi connectivity index (χ1n) is 7.87. The van der Waals surface area contributed by atoms with Gasteiger partial charge in [-0.3, -0.25) is 4.90 Å². The third kappa shape index (κ3) is 3.36. The van der Waals surface area contributed by atoms with E-state index < -0.39 is 0 Å². The molecule has 1 atom stereocenters. The summed E-state index contributed by atoms with van der Waals surface area (Å²) in [6.45, 7) is 5.94. The van der Waals surface area contributed by atoms with Crippen molar-refractivity contribution in [3.63, 3.8) is 0 Å². The monoisotopic (exact) mass is 284 g/mol. The van der Waals surface area contributed by atoms with Gasteiger partial charge in [-0.25, -0.2) is 0 Å². The smallest absolute Gasteiger partial charge is 0.0702 e. The zero-order valence-corrected chi connectivity index (χ0v) is 12.7. The maximum Gasteiger partial charge on any atom is 0.0702 e. The normalized spacial score (nSPS) is 20.0. The molecule has 1 heterocycles. The molecule has 2 aromatic carbocycles. The molecule has 3 heteroatoms. The van der Waals surface area contributed by atoms with E-state index in [4.69, 9.17) is 10.5 Å². The lowest BCUT2D eigenvalue weighted by molar-refractivity contribution is 0.00369. The molecule has 112 valence electrons. The van der Waals surface area contributed by atoms with Crippen molar-refractivity contribution in [1.29, 1.82) is 0 Å². The molecule has 0 amide bonds. The van der Waals surface area contributed by atoms with Gasteiger partial charge in [-0.05, 0) is 54.8 Å². The number of nitrogen functional groups attached to an aromatic ring is 1.